The first-order chi connectivity index (χ1) is 12.7. The van der Waals surface area contributed by atoms with Gasteiger partial charge in [-0.25, -0.2) is 21.6 Å². The summed E-state index contributed by atoms with van der Waals surface area (Å²) in [5, 5.41) is 0. The topological polar surface area (TPSA) is 83.6 Å². The van der Waals surface area contributed by atoms with E-state index in [4.69, 9.17) is 0 Å². The van der Waals surface area contributed by atoms with Gasteiger partial charge >= 0.3 is 0 Å². The van der Waals surface area contributed by atoms with Crippen molar-refractivity contribution in [3.63, 3.8) is 0 Å². The number of rotatable bonds is 9. The monoisotopic (exact) mass is 410 g/mol. The summed E-state index contributed by atoms with van der Waals surface area (Å²) in [6, 6.07) is 15.0. The summed E-state index contributed by atoms with van der Waals surface area (Å²) in [7, 11) is -7.32. The van der Waals surface area contributed by atoms with E-state index in [1.807, 2.05) is 44.2 Å². The smallest absolute Gasteiger partial charge is 0.240 e. The minimum absolute atomic E-state index is 0.0197. The Morgan fingerprint density at radius 3 is 2.04 bits per heavy atom. The fourth-order valence-electron chi connectivity index (χ4n) is 2.94. The van der Waals surface area contributed by atoms with Gasteiger partial charge in [0.25, 0.3) is 0 Å². The number of benzene rings is 2. The number of hydrogen-bond donors (Lipinski definition) is 1. The molecular formula is C19H26N2O4S2. The molecule has 0 aromatic heterocycles. The Bertz CT molecular complexity index is 954. The molecule has 0 heterocycles. The SMILES string of the molecule is CCN(CC)C(CNS(=O)(=O)c1cccc(S(C)(=O)=O)c1)c1ccccc1. The van der Waals surface area contributed by atoms with Gasteiger partial charge in [-0.2, -0.15) is 0 Å². The van der Waals surface area contributed by atoms with Gasteiger partial charge in [0.15, 0.2) is 9.84 Å². The molecule has 2 rings (SSSR count). The van der Waals surface area contributed by atoms with Crippen LogP contribution in [0.5, 0.6) is 0 Å². The molecule has 6 nitrogen and oxygen atoms in total. The highest BCUT2D eigenvalue weighted by Gasteiger charge is 2.22. The van der Waals surface area contributed by atoms with Crippen molar-refractivity contribution in [3.05, 3.63) is 60.2 Å². The normalized spacial score (nSPS) is 13.6. The summed E-state index contributed by atoms with van der Waals surface area (Å²) in [5.74, 6) is 0. The molecular weight excluding hydrogens is 384 g/mol. The Hall–Kier alpha value is -1.74. The van der Waals surface area contributed by atoms with Crippen LogP contribution in [0.25, 0.3) is 0 Å². The maximum absolute atomic E-state index is 12.7. The lowest BCUT2D eigenvalue weighted by Gasteiger charge is -2.30. The van der Waals surface area contributed by atoms with Gasteiger partial charge in [-0.3, -0.25) is 4.90 Å². The number of sulfonamides is 1. The highest BCUT2D eigenvalue weighted by molar-refractivity contribution is 7.91. The molecule has 0 bridgehead atoms. The van der Waals surface area contributed by atoms with E-state index in [1.54, 1.807) is 0 Å². The van der Waals surface area contributed by atoms with E-state index in [1.165, 1.54) is 24.3 Å². The van der Waals surface area contributed by atoms with Crippen molar-refractivity contribution in [2.45, 2.75) is 29.7 Å². The van der Waals surface area contributed by atoms with Crippen molar-refractivity contribution in [1.82, 2.24) is 9.62 Å². The van der Waals surface area contributed by atoms with Crippen LogP contribution >= 0.6 is 0 Å². The molecule has 0 aliphatic heterocycles. The van der Waals surface area contributed by atoms with Crippen molar-refractivity contribution in [2.75, 3.05) is 25.9 Å². The van der Waals surface area contributed by atoms with Gasteiger partial charge in [-0.05, 0) is 36.9 Å². The maximum Gasteiger partial charge on any atom is 0.240 e. The molecule has 1 unspecified atom stereocenters. The highest BCUT2D eigenvalue weighted by Crippen LogP contribution is 2.21. The quantitative estimate of drug-likeness (QED) is 0.687. The molecule has 1 atom stereocenters. The van der Waals surface area contributed by atoms with Gasteiger partial charge in [-0.1, -0.05) is 50.2 Å². The second-order valence-corrected chi connectivity index (χ2v) is 10.0. The Labute approximate surface area is 162 Å². The van der Waals surface area contributed by atoms with Crippen LogP contribution in [0, 0.1) is 0 Å². The zero-order valence-corrected chi connectivity index (χ0v) is 17.4. The van der Waals surface area contributed by atoms with Crippen molar-refractivity contribution in [1.29, 1.82) is 0 Å². The largest absolute Gasteiger partial charge is 0.296 e. The van der Waals surface area contributed by atoms with Crippen LogP contribution in [0.2, 0.25) is 0 Å². The number of nitrogens with one attached hydrogen (secondary N) is 1. The minimum Gasteiger partial charge on any atom is -0.296 e. The summed E-state index contributed by atoms with van der Waals surface area (Å²) in [6.45, 7) is 5.81. The third-order valence-electron chi connectivity index (χ3n) is 4.45. The van der Waals surface area contributed by atoms with E-state index in [2.05, 4.69) is 9.62 Å². The molecule has 1 N–H and O–H groups in total. The fraction of sp³-hybridized carbons (Fsp3) is 0.368. The van der Waals surface area contributed by atoms with Gasteiger partial charge in [0, 0.05) is 18.8 Å². The number of sulfone groups is 1. The van der Waals surface area contributed by atoms with E-state index in [0.29, 0.717) is 0 Å². The highest BCUT2D eigenvalue weighted by atomic mass is 32.2. The van der Waals surface area contributed by atoms with Crippen LogP contribution in [0.15, 0.2) is 64.4 Å². The molecule has 0 fully saturated rings. The van der Waals surface area contributed by atoms with Crippen LogP contribution in [0.3, 0.4) is 0 Å². The molecule has 2 aromatic rings. The first-order valence-electron chi connectivity index (χ1n) is 8.77. The Kier molecular flexibility index (Phi) is 7.16. The second kappa shape index (κ2) is 8.97. The standard InChI is InChI=1S/C19H26N2O4S2/c1-4-21(5-2)19(16-10-7-6-8-11-16)15-20-27(24,25)18-13-9-12-17(14-18)26(3,22)23/h6-14,19-20H,4-5,15H2,1-3H3. The first kappa shape index (κ1) is 21.6. The average molecular weight is 411 g/mol. The lowest BCUT2D eigenvalue weighted by molar-refractivity contribution is 0.220. The van der Waals surface area contributed by atoms with Crippen molar-refractivity contribution >= 4 is 19.9 Å². The summed E-state index contributed by atoms with van der Waals surface area (Å²) in [5.41, 5.74) is 1.02. The number of nitrogens with zero attached hydrogens (tertiary/aromatic N) is 1. The average Bonchev–Trinajstić information content (AvgIpc) is 2.65. The molecule has 0 amide bonds. The minimum atomic E-state index is -3.84. The van der Waals surface area contributed by atoms with Crippen molar-refractivity contribution < 1.29 is 16.8 Å². The van der Waals surface area contributed by atoms with Crippen LogP contribution in [-0.2, 0) is 19.9 Å². The van der Waals surface area contributed by atoms with Crippen LogP contribution in [0.1, 0.15) is 25.5 Å². The maximum atomic E-state index is 12.7. The molecule has 2 aromatic carbocycles. The second-order valence-electron chi connectivity index (χ2n) is 6.25. The molecule has 0 saturated heterocycles. The van der Waals surface area contributed by atoms with Gasteiger partial charge in [0.05, 0.1) is 9.79 Å². The predicted molar refractivity (Wildman–Crippen MR) is 107 cm³/mol. The number of hydrogen-bond acceptors (Lipinski definition) is 5. The van der Waals surface area contributed by atoms with Crippen molar-refractivity contribution in [3.8, 4) is 0 Å². The molecule has 148 valence electrons. The molecule has 0 aliphatic carbocycles. The number of likely N-dealkylation sites (N-methyl/N-ethyl adjacent to an activating group) is 1. The zero-order valence-electron chi connectivity index (χ0n) is 15.8. The Morgan fingerprint density at radius 2 is 1.48 bits per heavy atom. The van der Waals surface area contributed by atoms with Crippen molar-refractivity contribution in [2.24, 2.45) is 0 Å². The third kappa shape index (κ3) is 5.62. The summed E-state index contributed by atoms with van der Waals surface area (Å²) in [6.07, 6.45) is 1.05. The van der Waals surface area contributed by atoms with Crippen LogP contribution < -0.4 is 4.72 Å². The lowest BCUT2D eigenvalue weighted by atomic mass is 10.1. The Morgan fingerprint density at radius 1 is 0.889 bits per heavy atom. The molecule has 0 aliphatic rings. The fourth-order valence-corrected chi connectivity index (χ4v) is 4.77. The van der Waals surface area contributed by atoms with E-state index >= 15 is 0 Å². The van der Waals surface area contributed by atoms with Gasteiger partial charge in [0.2, 0.25) is 10.0 Å². The predicted octanol–water partition coefficient (Wildman–Crippen LogP) is 2.45. The van der Waals surface area contributed by atoms with E-state index in [9.17, 15) is 16.8 Å². The first-order valence-corrected chi connectivity index (χ1v) is 12.1. The van der Waals surface area contributed by atoms with E-state index < -0.39 is 19.9 Å². The van der Waals surface area contributed by atoms with Gasteiger partial charge in [-0.15, -0.1) is 0 Å². The van der Waals surface area contributed by atoms with Gasteiger partial charge < -0.3 is 0 Å². The zero-order chi connectivity index (χ0) is 20.1. The van der Waals surface area contributed by atoms with E-state index in [-0.39, 0.29) is 22.4 Å². The van der Waals surface area contributed by atoms with E-state index in [0.717, 1.165) is 24.9 Å². The summed E-state index contributed by atoms with van der Waals surface area (Å²) >= 11 is 0. The lowest BCUT2D eigenvalue weighted by Crippen LogP contribution is -2.38. The van der Waals surface area contributed by atoms with Crippen LogP contribution in [0.4, 0.5) is 0 Å². The molecule has 27 heavy (non-hydrogen) atoms. The third-order valence-corrected chi connectivity index (χ3v) is 6.98. The summed E-state index contributed by atoms with van der Waals surface area (Å²) in [4.78, 5) is 2.09. The molecule has 8 heteroatoms. The van der Waals surface area contributed by atoms with Gasteiger partial charge in [0.1, 0.15) is 0 Å². The van der Waals surface area contributed by atoms with Crippen LogP contribution in [-0.4, -0.2) is 47.6 Å². The molecule has 0 saturated carbocycles. The molecule has 0 spiro atoms. The summed E-state index contributed by atoms with van der Waals surface area (Å²) < 4.78 is 51.5. The Balaban J connectivity index is 2.28. The molecule has 0 radical (unpaired) electrons.